The Morgan fingerprint density at radius 3 is 2.90 bits per heavy atom. The molecule has 1 saturated heterocycles. The lowest BCUT2D eigenvalue weighted by Crippen LogP contribution is -2.30. The van der Waals surface area contributed by atoms with E-state index in [2.05, 4.69) is 20.0 Å². The van der Waals surface area contributed by atoms with Crippen molar-refractivity contribution in [2.75, 3.05) is 19.6 Å². The first-order valence-corrected chi connectivity index (χ1v) is 13.6. The van der Waals surface area contributed by atoms with Crippen LogP contribution in [-0.4, -0.2) is 60.4 Å². The number of nitrogens with zero attached hydrogens (tertiary/aromatic N) is 5. The van der Waals surface area contributed by atoms with E-state index in [9.17, 15) is 9.59 Å². The van der Waals surface area contributed by atoms with Crippen molar-refractivity contribution in [3.05, 3.63) is 68.5 Å². The fourth-order valence-electron chi connectivity index (χ4n) is 6.23. The van der Waals surface area contributed by atoms with Crippen molar-refractivity contribution in [3.8, 4) is 28.4 Å². The Bertz CT molecular complexity index is 1900. The number of H-pyrrole nitrogens is 2. The summed E-state index contributed by atoms with van der Waals surface area (Å²) in [6, 6.07) is 9.23. The second-order valence-electron chi connectivity index (χ2n) is 10.8. The minimum absolute atomic E-state index is 0.0353. The molecule has 1 unspecified atom stereocenters. The van der Waals surface area contributed by atoms with Crippen LogP contribution in [0.15, 0.2) is 46.1 Å². The van der Waals surface area contributed by atoms with Crippen LogP contribution in [0.25, 0.3) is 44.6 Å². The predicted octanol–water partition coefficient (Wildman–Crippen LogP) is 3.04. The summed E-state index contributed by atoms with van der Waals surface area (Å²) < 4.78 is 8.23. The molecule has 3 aromatic heterocycles. The van der Waals surface area contributed by atoms with Crippen molar-refractivity contribution in [1.82, 2.24) is 34.6 Å². The Balaban J connectivity index is 1.36. The molecule has 0 saturated carbocycles. The van der Waals surface area contributed by atoms with Gasteiger partial charge < -0.3 is 9.72 Å². The molecule has 2 N–H and O–H groups in total. The van der Waals surface area contributed by atoms with Crippen LogP contribution in [0.2, 0.25) is 0 Å². The molecule has 2 aromatic carbocycles. The Morgan fingerprint density at radius 1 is 1.03 bits per heavy atom. The van der Waals surface area contributed by atoms with Gasteiger partial charge in [0, 0.05) is 42.7 Å². The second kappa shape index (κ2) is 8.60. The maximum Gasteiger partial charge on any atom is 0.275 e. The highest BCUT2D eigenvalue weighted by Crippen LogP contribution is 2.33. The average Bonchev–Trinajstić information content (AvgIpc) is 3.54. The first-order chi connectivity index (χ1) is 19.1. The molecule has 3 aliphatic rings. The number of para-hydroxylation sites is 1. The van der Waals surface area contributed by atoms with E-state index in [1.54, 1.807) is 16.8 Å². The molecule has 39 heavy (non-hydrogen) atoms. The van der Waals surface area contributed by atoms with Gasteiger partial charge in [0.05, 0.1) is 23.0 Å². The van der Waals surface area contributed by atoms with Crippen LogP contribution in [0.4, 0.5) is 0 Å². The molecule has 0 amide bonds. The quantitative estimate of drug-likeness (QED) is 0.348. The van der Waals surface area contributed by atoms with Crippen LogP contribution in [-0.2, 0) is 19.4 Å². The highest BCUT2D eigenvalue weighted by Gasteiger charge is 2.27. The lowest BCUT2D eigenvalue weighted by Gasteiger charge is -2.19. The van der Waals surface area contributed by atoms with Crippen molar-refractivity contribution < 1.29 is 4.74 Å². The van der Waals surface area contributed by atoms with Gasteiger partial charge in [-0.05, 0) is 55.9 Å². The zero-order valence-corrected chi connectivity index (χ0v) is 21.4. The Morgan fingerprint density at radius 2 is 1.95 bits per heavy atom. The zero-order valence-electron chi connectivity index (χ0n) is 21.4. The number of hydrogen-bond acceptors (Lipinski definition) is 7. The summed E-state index contributed by atoms with van der Waals surface area (Å²) in [6.45, 7) is 2.88. The third-order valence-corrected chi connectivity index (χ3v) is 8.29. The molecular weight excluding hydrogens is 494 g/mol. The van der Waals surface area contributed by atoms with Crippen LogP contribution in [0.1, 0.15) is 30.5 Å². The molecule has 8 rings (SSSR count). The van der Waals surface area contributed by atoms with E-state index in [-0.39, 0.29) is 22.9 Å². The number of aromatic amines is 2. The maximum atomic E-state index is 13.4. The summed E-state index contributed by atoms with van der Waals surface area (Å²) in [7, 11) is 0. The van der Waals surface area contributed by atoms with Gasteiger partial charge in [-0.15, -0.1) is 0 Å². The number of fused-ring (bicyclic) bond motifs is 6. The van der Waals surface area contributed by atoms with Gasteiger partial charge in [-0.3, -0.25) is 24.3 Å². The van der Waals surface area contributed by atoms with Gasteiger partial charge in [-0.2, -0.15) is 0 Å². The summed E-state index contributed by atoms with van der Waals surface area (Å²) in [5.41, 5.74) is 5.25. The van der Waals surface area contributed by atoms with Crippen LogP contribution in [0.5, 0.6) is 5.75 Å². The first-order valence-electron chi connectivity index (χ1n) is 13.6. The first kappa shape index (κ1) is 22.7. The summed E-state index contributed by atoms with van der Waals surface area (Å²) in [6.07, 6.45) is 7.04. The molecule has 0 radical (unpaired) electrons. The third-order valence-electron chi connectivity index (χ3n) is 8.29. The van der Waals surface area contributed by atoms with Gasteiger partial charge >= 0.3 is 0 Å². The standard InChI is InChI=1S/C29H27N7O3/c37-28-25-19-5-3-6-20-24(19)34-36(29(20)38)11-10-35-9-8-18(15-35)39-23-13-17(12-22(32-28)26(23)33-25)27-30-14-16-4-1-2-7-21(16)31-27/h3,5-6,12-14,18,34H,1-2,4,7-11,15H2,(H,32,37)/t18-/m0/s1. The van der Waals surface area contributed by atoms with Gasteiger partial charge in [0.2, 0.25) is 0 Å². The number of hydrogen-bond donors (Lipinski definition) is 2. The second-order valence-corrected chi connectivity index (χ2v) is 10.8. The van der Waals surface area contributed by atoms with Crippen LogP contribution >= 0.6 is 0 Å². The number of aryl methyl sites for hydroxylation is 2. The van der Waals surface area contributed by atoms with E-state index in [1.807, 2.05) is 24.4 Å². The Hall–Kier alpha value is -4.31. The van der Waals surface area contributed by atoms with E-state index < -0.39 is 0 Å². The van der Waals surface area contributed by atoms with E-state index in [0.29, 0.717) is 45.6 Å². The lowest BCUT2D eigenvalue weighted by atomic mass is 9.97. The minimum atomic E-state index is -0.336. The highest BCUT2D eigenvalue weighted by atomic mass is 16.5. The van der Waals surface area contributed by atoms with Crippen molar-refractivity contribution >= 4 is 21.9 Å². The number of nitrogens with one attached hydrogen (secondary N) is 2. The number of ether oxygens (including phenoxy) is 1. The topological polar surface area (TPSA) is 122 Å². The third kappa shape index (κ3) is 3.69. The fourth-order valence-corrected chi connectivity index (χ4v) is 6.23. The molecule has 1 fully saturated rings. The van der Waals surface area contributed by atoms with Gasteiger partial charge in [-0.25, -0.2) is 15.0 Å². The molecule has 2 aliphatic heterocycles. The summed E-state index contributed by atoms with van der Waals surface area (Å²) >= 11 is 0. The lowest BCUT2D eigenvalue weighted by molar-refractivity contribution is 0.199. The molecule has 196 valence electrons. The molecule has 5 aromatic rings. The highest BCUT2D eigenvalue weighted by molar-refractivity contribution is 5.94. The molecule has 10 heteroatoms. The number of rotatable bonds is 1. The maximum absolute atomic E-state index is 13.4. The summed E-state index contributed by atoms with van der Waals surface area (Å²) in [5.74, 6) is 1.22. The van der Waals surface area contributed by atoms with Gasteiger partial charge in [0.15, 0.2) is 5.82 Å². The van der Waals surface area contributed by atoms with Crippen molar-refractivity contribution in [2.45, 2.75) is 44.8 Å². The molecule has 1 aliphatic carbocycles. The Kier molecular flexibility index (Phi) is 5.00. The fraction of sp³-hybridized carbons (Fsp3) is 0.345. The van der Waals surface area contributed by atoms with Gasteiger partial charge in [0.25, 0.3) is 11.1 Å². The van der Waals surface area contributed by atoms with E-state index in [4.69, 9.17) is 14.7 Å². The molecule has 0 spiro atoms. The normalized spacial score (nSPS) is 20.3. The van der Waals surface area contributed by atoms with Crippen LogP contribution in [0, 0.1) is 0 Å². The molecule has 10 nitrogen and oxygen atoms in total. The molecule has 2 atom stereocenters. The van der Waals surface area contributed by atoms with Gasteiger partial charge in [0.1, 0.15) is 23.1 Å². The zero-order chi connectivity index (χ0) is 26.1. The number of benzene rings is 2. The van der Waals surface area contributed by atoms with E-state index in [0.717, 1.165) is 56.6 Å². The van der Waals surface area contributed by atoms with E-state index >= 15 is 0 Å². The van der Waals surface area contributed by atoms with E-state index in [1.165, 1.54) is 12.0 Å². The van der Waals surface area contributed by atoms with Crippen LogP contribution in [0.3, 0.4) is 0 Å². The smallest absolute Gasteiger partial charge is 0.275 e. The Labute approximate surface area is 222 Å². The minimum Gasteiger partial charge on any atom is -0.487 e. The molecule has 5 heterocycles. The van der Waals surface area contributed by atoms with Crippen molar-refractivity contribution in [1.29, 1.82) is 0 Å². The monoisotopic (exact) mass is 521 g/mol. The van der Waals surface area contributed by atoms with Gasteiger partial charge in [-0.1, -0.05) is 12.1 Å². The summed E-state index contributed by atoms with van der Waals surface area (Å²) in [4.78, 5) is 46.4. The summed E-state index contributed by atoms with van der Waals surface area (Å²) in [5, 5.41) is 3.79. The van der Waals surface area contributed by atoms with Crippen molar-refractivity contribution in [3.63, 3.8) is 0 Å². The SMILES string of the molecule is O=c1[nH]c2cc(-c3ncc4c(n3)CCCC4)cc3c2nc1-c1cccc2c(=O)n([nH]c12)CCN1CC[C@@H](C1)O3. The predicted molar refractivity (Wildman–Crippen MR) is 147 cm³/mol. The number of aromatic nitrogens is 6. The van der Waals surface area contributed by atoms with Crippen LogP contribution < -0.4 is 15.9 Å². The molecule has 6 bridgehead atoms. The largest absolute Gasteiger partial charge is 0.487 e. The molecular formula is C29H27N7O3. The average molecular weight is 522 g/mol. The van der Waals surface area contributed by atoms with Crippen molar-refractivity contribution in [2.24, 2.45) is 0 Å².